The van der Waals surface area contributed by atoms with Crippen molar-refractivity contribution in [1.29, 1.82) is 5.41 Å². The highest BCUT2D eigenvalue weighted by molar-refractivity contribution is 7.86. The minimum absolute atomic E-state index is 0.0559. The molecule has 0 fully saturated rings. The number of benzene rings is 2. The predicted octanol–water partition coefficient (Wildman–Crippen LogP) is 5.88. The molecule has 1 aliphatic heterocycles. The maximum atomic E-state index is 13.8. The number of aliphatic hydroxyl groups is 1. The Morgan fingerprint density at radius 3 is 2.37 bits per heavy atom. The van der Waals surface area contributed by atoms with E-state index in [1.165, 1.54) is 48.5 Å². The maximum Gasteiger partial charge on any atom is 0.573 e. The van der Waals surface area contributed by atoms with E-state index < -0.39 is 40.6 Å². The Hall–Kier alpha value is -4.11. The van der Waals surface area contributed by atoms with Crippen LogP contribution in [0.4, 0.5) is 43.5 Å². The molecule has 1 aromatic heterocycles. The summed E-state index contributed by atoms with van der Waals surface area (Å²) in [7, 11) is -2.12. The zero-order chi connectivity index (χ0) is 30.3. The first-order valence-electron chi connectivity index (χ1n) is 11.7. The Bertz CT molecular complexity index is 1530. The average Bonchev–Trinajstić information content (AvgIpc) is 3.02. The molecule has 41 heavy (non-hydrogen) atoms. The number of ether oxygens (including phenoxy) is 1. The van der Waals surface area contributed by atoms with Crippen LogP contribution >= 0.6 is 0 Å². The van der Waals surface area contributed by atoms with Crippen LogP contribution in [0, 0.1) is 5.41 Å². The van der Waals surface area contributed by atoms with Crippen molar-refractivity contribution in [2.75, 3.05) is 9.62 Å². The van der Waals surface area contributed by atoms with Gasteiger partial charge in [0.1, 0.15) is 22.9 Å². The molecule has 218 valence electrons. The van der Waals surface area contributed by atoms with Gasteiger partial charge in [-0.25, -0.2) is 9.19 Å². The highest BCUT2D eigenvalue weighted by Crippen LogP contribution is 2.41. The fourth-order valence-corrected chi connectivity index (χ4v) is 5.16. The summed E-state index contributed by atoms with van der Waals surface area (Å²) in [5.41, 5.74) is 3.37. The largest absolute Gasteiger partial charge is 0.573 e. The van der Waals surface area contributed by atoms with Crippen molar-refractivity contribution in [1.82, 2.24) is 4.98 Å². The monoisotopic (exact) mass is 599 g/mol. The van der Waals surface area contributed by atoms with Gasteiger partial charge in [-0.2, -0.15) is 13.2 Å². The number of allylic oxidation sites excluding steroid dienone is 1. The molecule has 2 unspecified atom stereocenters. The quantitative estimate of drug-likeness (QED) is 0.207. The van der Waals surface area contributed by atoms with Gasteiger partial charge in [0.15, 0.2) is 11.0 Å². The molecule has 3 aromatic rings. The number of hydrogen-bond acceptors (Lipinski definition) is 7. The van der Waals surface area contributed by atoms with Crippen LogP contribution in [-0.2, 0) is 29.3 Å². The predicted molar refractivity (Wildman–Crippen MR) is 140 cm³/mol. The van der Waals surface area contributed by atoms with Gasteiger partial charge in [0, 0.05) is 11.3 Å². The third-order valence-corrected chi connectivity index (χ3v) is 7.42. The Kier molecular flexibility index (Phi) is 7.80. The van der Waals surface area contributed by atoms with Crippen molar-refractivity contribution < 1.29 is 40.4 Å². The van der Waals surface area contributed by atoms with Crippen molar-refractivity contribution in [2.24, 2.45) is 5.73 Å². The molecule has 0 saturated carbocycles. The average molecular weight is 600 g/mol. The third-order valence-electron chi connectivity index (χ3n) is 6.02. The molecule has 4 rings (SSSR count). The van der Waals surface area contributed by atoms with Crippen molar-refractivity contribution in [3.63, 3.8) is 0 Å². The standard InChI is InChI=1S/C26H23F6N5O3S/c1-14(33)11-21(34)24(2,38)16-4-9-19-20(12-16)37(13-15-3-10-22(25(27,28)29)36-23(15)35-19)41(39)18-7-5-17(6-8-18)40-26(30,31)32/h3-12,34,38H,13,33H2,1-2H3,(H,35,36)/b14-11-,34-21?. The van der Waals surface area contributed by atoms with Crippen LogP contribution in [0.5, 0.6) is 5.75 Å². The van der Waals surface area contributed by atoms with Crippen LogP contribution in [0.3, 0.4) is 0 Å². The van der Waals surface area contributed by atoms with E-state index in [9.17, 15) is 35.7 Å². The number of anilines is 3. The van der Waals surface area contributed by atoms with Crippen LogP contribution in [0.15, 0.2) is 71.3 Å². The molecule has 0 saturated heterocycles. The number of nitrogens with one attached hydrogen (secondary N) is 2. The zero-order valence-electron chi connectivity index (χ0n) is 21.4. The molecule has 0 spiro atoms. The number of alkyl halides is 6. The summed E-state index contributed by atoms with van der Waals surface area (Å²) >= 11 is 0. The van der Waals surface area contributed by atoms with E-state index in [0.29, 0.717) is 0 Å². The number of aromatic nitrogens is 1. The number of pyridine rings is 1. The maximum absolute atomic E-state index is 13.8. The van der Waals surface area contributed by atoms with Crippen molar-refractivity contribution >= 4 is 33.9 Å². The van der Waals surface area contributed by atoms with Crippen molar-refractivity contribution in [3.05, 3.63) is 83.2 Å². The van der Waals surface area contributed by atoms with Crippen molar-refractivity contribution in [2.45, 2.75) is 43.4 Å². The Morgan fingerprint density at radius 2 is 1.78 bits per heavy atom. The SMILES string of the molecule is C/C(N)=C/C(=N)C(C)(O)c1ccc2c(c1)N(S(=O)c1ccc(OC(F)(F)F)cc1)Cc1ccc(C(F)(F)F)nc1N2. The summed E-state index contributed by atoms with van der Waals surface area (Å²) in [6, 6.07) is 10.5. The molecule has 0 amide bonds. The van der Waals surface area contributed by atoms with E-state index in [4.69, 9.17) is 11.1 Å². The Morgan fingerprint density at radius 1 is 1.12 bits per heavy atom. The normalized spacial score (nSPS) is 16.0. The number of fused-ring (bicyclic) bond motifs is 2. The molecular formula is C26H23F6N5O3S. The minimum Gasteiger partial charge on any atom is -0.406 e. The highest BCUT2D eigenvalue weighted by Gasteiger charge is 2.36. The third kappa shape index (κ3) is 6.62. The van der Waals surface area contributed by atoms with Gasteiger partial charge in [0.25, 0.3) is 0 Å². The van der Waals surface area contributed by atoms with E-state index in [2.05, 4.69) is 15.0 Å². The highest BCUT2D eigenvalue weighted by atomic mass is 32.2. The second kappa shape index (κ2) is 10.7. The van der Waals surface area contributed by atoms with E-state index in [-0.39, 0.29) is 51.2 Å². The molecular weight excluding hydrogens is 576 g/mol. The van der Waals surface area contributed by atoms with E-state index >= 15 is 0 Å². The van der Waals surface area contributed by atoms with E-state index in [0.717, 1.165) is 30.3 Å². The summed E-state index contributed by atoms with van der Waals surface area (Å²) in [5.74, 6) is -0.686. The van der Waals surface area contributed by atoms with Gasteiger partial charge in [-0.05, 0) is 68.0 Å². The zero-order valence-corrected chi connectivity index (χ0v) is 22.2. The molecule has 2 aromatic carbocycles. The smallest absolute Gasteiger partial charge is 0.406 e. The number of rotatable bonds is 6. The topological polar surface area (TPSA) is 125 Å². The summed E-state index contributed by atoms with van der Waals surface area (Å²) < 4.78 is 96.8. The first-order valence-corrected chi connectivity index (χ1v) is 12.9. The van der Waals surface area contributed by atoms with Gasteiger partial charge in [-0.1, -0.05) is 12.1 Å². The van der Waals surface area contributed by atoms with Gasteiger partial charge < -0.3 is 26.3 Å². The van der Waals surface area contributed by atoms with Crippen LogP contribution in [-0.4, -0.2) is 26.4 Å². The number of nitrogens with zero attached hydrogens (tertiary/aromatic N) is 2. The van der Waals surface area contributed by atoms with Crippen LogP contribution < -0.4 is 20.1 Å². The second-order valence-corrected chi connectivity index (χ2v) is 10.6. The summed E-state index contributed by atoms with van der Waals surface area (Å²) in [6.45, 7) is 2.63. The van der Waals surface area contributed by atoms with Gasteiger partial charge in [-0.3, -0.25) is 4.31 Å². The number of hydrogen-bond donors (Lipinski definition) is 4. The molecule has 15 heteroatoms. The Labute approximate surface area is 232 Å². The van der Waals surface area contributed by atoms with Crippen LogP contribution in [0.2, 0.25) is 0 Å². The molecule has 0 bridgehead atoms. The van der Waals surface area contributed by atoms with Gasteiger partial charge in [-0.15, -0.1) is 13.2 Å². The summed E-state index contributed by atoms with van der Waals surface area (Å²) in [4.78, 5) is 3.75. The fraction of sp³-hybridized carbons (Fsp3) is 0.231. The summed E-state index contributed by atoms with van der Waals surface area (Å²) in [5, 5.41) is 22.3. The van der Waals surface area contributed by atoms with Gasteiger partial charge in [0.2, 0.25) is 0 Å². The van der Waals surface area contributed by atoms with Gasteiger partial charge in [0.05, 0.1) is 28.5 Å². The van der Waals surface area contributed by atoms with Crippen LogP contribution in [0.1, 0.15) is 30.7 Å². The minimum atomic E-state index is -4.93. The molecule has 2 heterocycles. The lowest BCUT2D eigenvalue weighted by atomic mass is 9.89. The van der Waals surface area contributed by atoms with Gasteiger partial charge >= 0.3 is 12.5 Å². The lowest BCUT2D eigenvalue weighted by Crippen LogP contribution is -2.32. The van der Waals surface area contributed by atoms with E-state index in [1.54, 1.807) is 0 Å². The molecule has 2 atom stereocenters. The summed E-state index contributed by atoms with van der Waals surface area (Å²) in [6.07, 6.45) is -8.41. The van der Waals surface area contributed by atoms with Crippen LogP contribution in [0.25, 0.3) is 0 Å². The fourth-order valence-electron chi connectivity index (χ4n) is 3.95. The molecule has 8 nitrogen and oxygen atoms in total. The molecule has 1 aliphatic rings. The number of nitrogens with two attached hydrogens (primary N) is 1. The molecule has 5 N–H and O–H groups in total. The lowest BCUT2D eigenvalue weighted by molar-refractivity contribution is -0.274. The lowest BCUT2D eigenvalue weighted by Gasteiger charge is -2.28. The first kappa shape index (κ1) is 29.9. The van der Waals surface area contributed by atoms with Crippen molar-refractivity contribution in [3.8, 4) is 5.75 Å². The Balaban J connectivity index is 1.82. The molecule has 0 aliphatic carbocycles. The first-order chi connectivity index (χ1) is 19.0. The second-order valence-electron chi connectivity index (χ2n) is 9.24. The number of halogens is 6. The van der Waals surface area contributed by atoms with E-state index in [1.807, 2.05) is 0 Å². The molecule has 0 radical (unpaired) electrons.